The smallest absolute Gasteiger partial charge is 0.0487 e. The van der Waals surface area contributed by atoms with Crippen LogP contribution >= 0.6 is 11.3 Å². The lowest BCUT2D eigenvalue weighted by Crippen LogP contribution is -2.09. The van der Waals surface area contributed by atoms with Crippen LogP contribution in [-0.2, 0) is 0 Å². The zero-order valence-corrected chi connectivity index (χ0v) is 14.8. The third kappa shape index (κ3) is 2.30. The Morgan fingerprint density at radius 2 is 1.36 bits per heavy atom. The molecule has 0 aliphatic heterocycles. The van der Waals surface area contributed by atoms with E-state index in [9.17, 15) is 0 Å². The second-order valence-corrected chi connectivity index (χ2v) is 7.42. The summed E-state index contributed by atoms with van der Waals surface area (Å²) in [5, 5.41) is 5.23. The molecule has 5 aromatic rings. The molecule has 0 saturated heterocycles. The molecule has 0 unspecified atom stereocenters. The van der Waals surface area contributed by atoms with Crippen molar-refractivity contribution in [2.24, 2.45) is 0 Å². The summed E-state index contributed by atoms with van der Waals surface area (Å²) < 4.78 is 2.69. The van der Waals surface area contributed by atoms with E-state index in [1.54, 1.807) is 0 Å². The zero-order chi connectivity index (χ0) is 16.8. The maximum Gasteiger partial charge on any atom is 0.0487 e. The highest BCUT2D eigenvalue weighted by atomic mass is 32.1. The molecule has 0 aliphatic rings. The van der Waals surface area contributed by atoms with Crippen LogP contribution in [0.4, 0.5) is 11.4 Å². The van der Waals surface area contributed by atoms with E-state index in [1.807, 2.05) is 11.3 Å². The van der Waals surface area contributed by atoms with Gasteiger partial charge in [0.25, 0.3) is 0 Å². The van der Waals surface area contributed by atoms with E-state index in [4.69, 9.17) is 0 Å². The van der Waals surface area contributed by atoms with Gasteiger partial charge in [-0.1, -0.05) is 54.6 Å². The molecule has 1 heterocycles. The summed E-state index contributed by atoms with van der Waals surface area (Å²) in [7, 11) is 2.15. The van der Waals surface area contributed by atoms with Gasteiger partial charge in [0.2, 0.25) is 0 Å². The minimum Gasteiger partial charge on any atom is -0.344 e. The zero-order valence-electron chi connectivity index (χ0n) is 13.9. The Balaban J connectivity index is 1.70. The van der Waals surface area contributed by atoms with Gasteiger partial charge in [-0.3, -0.25) is 0 Å². The topological polar surface area (TPSA) is 3.24 Å². The molecule has 5 rings (SSSR count). The fourth-order valence-electron chi connectivity index (χ4n) is 3.56. The highest BCUT2D eigenvalue weighted by Gasteiger charge is 2.10. The first-order valence-corrected chi connectivity index (χ1v) is 9.26. The van der Waals surface area contributed by atoms with Crippen LogP contribution in [0.1, 0.15) is 0 Å². The molecule has 0 amide bonds. The monoisotopic (exact) mass is 339 g/mol. The summed E-state index contributed by atoms with van der Waals surface area (Å²) in [5.74, 6) is 0. The van der Waals surface area contributed by atoms with Crippen molar-refractivity contribution in [3.8, 4) is 0 Å². The fourth-order valence-corrected chi connectivity index (χ4v) is 4.65. The number of hydrogen-bond acceptors (Lipinski definition) is 2. The predicted molar refractivity (Wildman–Crippen MR) is 111 cm³/mol. The summed E-state index contributed by atoms with van der Waals surface area (Å²) >= 11 is 1.86. The molecular formula is C23H17NS. The van der Waals surface area contributed by atoms with Crippen molar-refractivity contribution in [1.29, 1.82) is 0 Å². The highest BCUT2D eigenvalue weighted by Crippen LogP contribution is 2.38. The number of anilines is 2. The third-order valence-electron chi connectivity index (χ3n) is 4.88. The van der Waals surface area contributed by atoms with Crippen molar-refractivity contribution in [2.45, 2.75) is 0 Å². The van der Waals surface area contributed by atoms with Crippen LogP contribution in [0.2, 0.25) is 0 Å². The Morgan fingerprint density at radius 3 is 2.28 bits per heavy atom. The number of hydrogen-bond donors (Lipinski definition) is 0. The van der Waals surface area contributed by atoms with Crippen molar-refractivity contribution >= 4 is 53.7 Å². The Bertz CT molecular complexity index is 1210. The number of benzene rings is 4. The molecule has 4 aromatic carbocycles. The molecule has 0 spiro atoms. The molecule has 120 valence electrons. The minimum absolute atomic E-state index is 1.22. The van der Waals surface area contributed by atoms with Crippen molar-refractivity contribution in [3.63, 3.8) is 0 Å². The molecule has 0 bridgehead atoms. The molecule has 25 heavy (non-hydrogen) atoms. The second kappa shape index (κ2) is 5.61. The molecule has 2 heteroatoms. The van der Waals surface area contributed by atoms with E-state index in [0.717, 1.165) is 0 Å². The van der Waals surface area contributed by atoms with Gasteiger partial charge in [0.1, 0.15) is 0 Å². The van der Waals surface area contributed by atoms with E-state index in [0.29, 0.717) is 0 Å². The molecule has 0 fully saturated rings. The average Bonchev–Trinajstić information content (AvgIpc) is 3.05. The molecule has 0 radical (unpaired) electrons. The summed E-state index contributed by atoms with van der Waals surface area (Å²) in [6, 6.07) is 30.5. The molecular weight excluding hydrogens is 322 g/mol. The Hall–Kier alpha value is -2.84. The van der Waals surface area contributed by atoms with E-state index in [2.05, 4.69) is 96.9 Å². The predicted octanol–water partition coefficient (Wildman–Crippen LogP) is 6.98. The Kier molecular flexibility index (Phi) is 3.25. The first kappa shape index (κ1) is 14.5. The number of nitrogens with zero attached hydrogens (tertiary/aromatic N) is 1. The summed E-state index contributed by atoms with van der Waals surface area (Å²) in [5.41, 5.74) is 2.45. The summed E-state index contributed by atoms with van der Waals surface area (Å²) in [6.45, 7) is 0. The SMILES string of the molecule is CN(c1ccc2sc3ccccc3c2c1)c1cccc2ccccc12. The van der Waals surface area contributed by atoms with E-state index >= 15 is 0 Å². The number of thiophene rings is 1. The lowest BCUT2D eigenvalue weighted by Gasteiger charge is -2.21. The van der Waals surface area contributed by atoms with Gasteiger partial charge in [0, 0.05) is 44.0 Å². The minimum atomic E-state index is 1.22. The van der Waals surface area contributed by atoms with Crippen LogP contribution in [0.15, 0.2) is 84.9 Å². The van der Waals surface area contributed by atoms with Gasteiger partial charge in [-0.15, -0.1) is 11.3 Å². The Labute approximate surface area is 150 Å². The highest BCUT2D eigenvalue weighted by molar-refractivity contribution is 7.25. The van der Waals surface area contributed by atoms with Crippen molar-refractivity contribution < 1.29 is 0 Å². The van der Waals surface area contributed by atoms with Gasteiger partial charge >= 0.3 is 0 Å². The third-order valence-corrected chi connectivity index (χ3v) is 6.03. The van der Waals surface area contributed by atoms with Crippen LogP contribution in [0.5, 0.6) is 0 Å². The van der Waals surface area contributed by atoms with Crippen LogP contribution in [-0.4, -0.2) is 7.05 Å². The van der Waals surface area contributed by atoms with E-state index in [1.165, 1.54) is 42.3 Å². The van der Waals surface area contributed by atoms with Crippen molar-refractivity contribution in [3.05, 3.63) is 84.9 Å². The van der Waals surface area contributed by atoms with Crippen LogP contribution < -0.4 is 4.90 Å². The van der Waals surface area contributed by atoms with E-state index < -0.39 is 0 Å². The van der Waals surface area contributed by atoms with E-state index in [-0.39, 0.29) is 0 Å². The van der Waals surface area contributed by atoms with Crippen molar-refractivity contribution in [2.75, 3.05) is 11.9 Å². The summed E-state index contributed by atoms with van der Waals surface area (Å²) in [6.07, 6.45) is 0. The van der Waals surface area contributed by atoms with Gasteiger partial charge in [-0.2, -0.15) is 0 Å². The molecule has 0 saturated carbocycles. The maximum absolute atomic E-state index is 2.32. The van der Waals surface area contributed by atoms with Crippen LogP contribution in [0.25, 0.3) is 30.9 Å². The summed E-state index contributed by atoms with van der Waals surface area (Å²) in [4.78, 5) is 2.29. The van der Waals surface area contributed by atoms with Crippen molar-refractivity contribution in [1.82, 2.24) is 0 Å². The standard InChI is InChI=1S/C23H17NS/c1-24(21-11-6-8-16-7-2-3-9-18(16)21)17-13-14-23-20(15-17)19-10-4-5-12-22(19)25-23/h2-15H,1H3. The lowest BCUT2D eigenvalue weighted by molar-refractivity contribution is 1.23. The average molecular weight is 339 g/mol. The largest absolute Gasteiger partial charge is 0.344 e. The maximum atomic E-state index is 2.32. The molecule has 1 aromatic heterocycles. The van der Waals surface area contributed by atoms with Gasteiger partial charge in [0.15, 0.2) is 0 Å². The second-order valence-electron chi connectivity index (χ2n) is 6.34. The molecule has 1 nitrogen and oxygen atoms in total. The molecule has 0 aliphatic carbocycles. The van der Waals surface area contributed by atoms with Crippen LogP contribution in [0, 0.1) is 0 Å². The fraction of sp³-hybridized carbons (Fsp3) is 0.0435. The first-order chi connectivity index (χ1) is 12.3. The first-order valence-electron chi connectivity index (χ1n) is 8.44. The normalized spacial score (nSPS) is 11.4. The van der Waals surface area contributed by atoms with Gasteiger partial charge in [0.05, 0.1) is 0 Å². The quantitative estimate of drug-likeness (QED) is 0.335. The number of rotatable bonds is 2. The van der Waals surface area contributed by atoms with Gasteiger partial charge < -0.3 is 4.90 Å². The molecule has 0 atom stereocenters. The molecule has 0 N–H and O–H groups in total. The Morgan fingerprint density at radius 1 is 0.640 bits per heavy atom. The number of fused-ring (bicyclic) bond motifs is 4. The van der Waals surface area contributed by atoms with Crippen LogP contribution in [0.3, 0.4) is 0 Å². The van der Waals surface area contributed by atoms with Gasteiger partial charge in [-0.05, 0) is 35.7 Å². The van der Waals surface area contributed by atoms with Gasteiger partial charge in [-0.25, -0.2) is 0 Å². The lowest BCUT2D eigenvalue weighted by atomic mass is 10.1.